The molecule has 0 spiro atoms. The number of carbonyl (C=O) groups is 2. The third kappa shape index (κ3) is 3.07. The fourth-order valence-corrected chi connectivity index (χ4v) is 1.81. The summed E-state index contributed by atoms with van der Waals surface area (Å²) in [4.78, 5) is 26.7. The van der Waals surface area contributed by atoms with Crippen LogP contribution in [-0.4, -0.2) is 40.7 Å². The molecule has 0 radical (unpaired) electrons. The normalized spacial score (nSPS) is 22.2. The van der Waals surface area contributed by atoms with Crippen molar-refractivity contribution in [3.8, 4) is 0 Å². The number of carboxylic acids is 1. The number of carbonyl (C=O) groups excluding carboxylic acids is 1. The summed E-state index contributed by atoms with van der Waals surface area (Å²) in [6, 6.07) is 2.81. The number of nitrogens with one attached hydrogen (secondary N) is 1. The van der Waals surface area contributed by atoms with E-state index in [2.05, 4.69) is 10.3 Å². The average Bonchev–Trinajstić information content (AvgIpc) is 2.84. The van der Waals surface area contributed by atoms with Gasteiger partial charge in [0, 0.05) is 12.8 Å². The number of hydrogen-bond donors (Lipinski definition) is 3. The molecule has 2 rings (SSSR count). The lowest BCUT2D eigenvalue weighted by atomic mass is 9.99. The predicted molar refractivity (Wildman–Crippen MR) is 65.4 cm³/mol. The van der Waals surface area contributed by atoms with Gasteiger partial charge < -0.3 is 20.9 Å². The highest BCUT2D eigenvalue weighted by Crippen LogP contribution is 2.15. The van der Waals surface area contributed by atoms with Crippen molar-refractivity contribution in [3.63, 3.8) is 0 Å². The summed E-state index contributed by atoms with van der Waals surface area (Å²) in [5.74, 6) is -1.35. The van der Waals surface area contributed by atoms with Crippen molar-refractivity contribution in [1.29, 1.82) is 0 Å². The van der Waals surface area contributed by atoms with Gasteiger partial charge in [-0.15, -0.1) is 0 Å². The quantitative estimate of drug-likeness (QED) is 0.677. The van der Waals surface area contributed by atoms with Gasteiger partial charge in [0.25, 0.3) is 0 Å². The van der Waals surface area contributed by atoms with Crippen molar-refractivity contribution < 1.29 is 19.4 Å². The van der Waals surface area contributed by atoms with Gasteiger partial charge in [-0.3, -0.25) is 9.78 Å². The van der Waals surface area contributed by atoms with Gasteiger partial charge in [-0.2, -0.15) is 0 Å². The van der Waals surface area contributed by atoms with Crippen LogP contribution >= 0.6 is 0 Å². The van der Waals surface area contributed by atoms with E-state index in [-0.39, 0.29) is 24.6 Å². The van der Waals surface area contributed by atoms with Crippen LogP contribution in [0.1, 0.15) is 22.5 Å². The molecular formula is C12H15N3O4. The standard InChI is InChI=1S/C12H15N3O4/c13-12(2-4-19-7-12)11(18)15-6-9-5-8(10(16)17)1-3-14-9/h1,3,5H,2,4,6-7,13H2,(H,15,18)(H,16,17). The van der Waals surface area contributed by atoms with E-state index >= 15 is 0 Å². The number of rotatable bonds is 4. The Labute approximate surface area is 109 Å². The molecule has 1 aliphatic heterocycles. The van der Waals surface area contributed by atoms with Gasteiger partial charge in [-0.25, -0.2) is 4.79 Å². The summed E-state index contributed by atoms with van der Waals surface area (Å²) in [7, 11) is 0. The molecule has 102 valence electrons. The molecule has 0 bridgehead atoms. The third-order valence-electron chi connectivity index (χ3n) is 3.00. The van der Waals surface area contributed by atoms with E-state index in [1.165, 1.54) is 18.3 Å². The van der Waals surface area contributed by atoms with Crippen LogP contribution in [0.25, 0.3) is 0 Å². The molecular weight excluding hydrogens is 250 g/mol. The Hall–Kier alpha value is -1.99. The fraction of sp³-hybridized carbons (Fsp3) is 0.417. The molecule has 1 aromatic rings. The monoisotopic (exact) mass is 265 g/mol. The maximum atomic E-state index is 11.9. The Morgan fingerprint density at radius 3 is 3.00 bits per heavy atom. The van der Waals surface area contributed by atoms with Gasteiger partial charge in [-0.1, -0.05) is 0 Å². The third-order valence-corrected chi connectivity index (χ3v) is 3.00. The van der Waals surface area contributed by atoms with Crippen LogP contribution in [0.2, 0.25) is 0 Å². The molecule has 1 unspecified atom stereocenters. The Morgan fingerprint density at radius 1 is 1.58 bits per heavy atom. The van der Waals surface area contributed by atoms with Crippen LogP contribution in [0.3, 0.4) is 0 Å². The van der Waals surface area contributed by atoms with Crippen LogP contribution in [0.15, 0.2) is 18.3 Å². The molecule has 4 N–H and O–H groups in total. The maximum absolute atomic E-state index is 11.9. The summed E-state index contributed by atoms with van der Waals surface area (Å²) in [5.41, 5.74) is 5.50. The molecule has 1 fully saturated rings. The van der Waals surface area contributed by atoms with Crippen LogP contribution in [-0.2, 0) is 16.1 Å². The molecule has 7 nitrogen and oxygen atoms in total. The summed E-state index contributed by atoms with van der Waals surface area (Å²) in [6.45, 7) is 0.803. The van der Waals surface area contributed by atoms with Crippen LogP contribution < -0.4 is 11.1 Å². The second-order valence-corrected chi connectivity index (χ2v) is 4.48. The van der Waals surface area contributed by atoms with Crippen LogP contribution in [0.4, 0.5) is 0 Å². The van der Waals surface area contributed by atoms with Gasteiger partial charge >= 0.3 is 5.97 Å². The molecule has 1 aromatic heterocycles. The molecule has 1 saturated heterocycles. The van der Waals surface area contributed by atoms with Crippen molar-refractivity contribution in [2.45, 2.75) is 18.5 Å². The van der Waals surface area contributed by atoms with Gasteiger partial charge in [0.1, 0.15) is 5.54 Å². The number of hydrogen-bond acceptors (Lipinski definition) is 5. The lowest BCUT2D eigenvalue weighted by Gasteiger charge is -2.20. The van der Waals surface area contributed by atoms with E-state index in [0.717, 1.165) is 0 Å². The van der Waals surface area contributed by atoms with Crippen molar-refractivity contribution in [2.75, 3.05) is 13.2 Å². The van der Waals surface area contributed by atoms with Crippen molar-refractivity contribution in [1.82, 2.24) is 10.3 Å². The minimum atomic E-state index is -1.03. The Bertz CT molecular complexity index is 498. The fourth-order valence-electron chi connectivity index (χ4n) is 1.81. The summed E-state index contributed by atoms with van der Waals surface area (Å²) in [5, 5.41) is 11.5. The summed E-state index contributed by atoms with van der Waals surface area (Å²) in [6.07, 6.45) is 1.86. The second kappa shape index (κ2) is 5.33. The zero-order valence-corrected chi connectivity index (χ0v) is 10.3. The van der Waals surface area contributed by atoms with Gasteiger partial charge in [0.15, 0.2) is 0 Å². The zero-order valence-electron chi connectivity index (χ0n) is 10.3. The van der Waals surface area contributed by atoms with Gasteiger partial charge in [0.05, 0.1) is 24.4 Å². The Kier molecular flexibility index (Phi) is 3.77. The highest BCUT2D eigenvalue weighted by atomic mass is 16.5. The number of amides is 1. The van der Waals surface area contributed by atoms with E-state index in [0.29, 0.717) is 18.7 Å². The zero-order chi connectivity index (χ0) is 13.9. The summed E-state index contributed by atoms with van der Waals surface area (Å²) < 4.78 is 5.10. The lowest BCUT2D eigenvalue weighted by molar-refractivity contribution is -0.126. The van der Waals surface area contributed by atoms with E-state index in [4.69, 9.17) is 15.6 Å². The van der Waals surface area contributed by atoms with Gasteiger partial charge in [-0.05, 0) is 18.6 Å². The number of aromatic nitrogens is 1. The van der Waals surface area contributed by atoms with Crippen molar-refractivity contribution in [2.24, 2.45) is 5.73 Å². The predicted octanol–water partition coefficient (Wildman–Crippen LogP) is -0.486. The minimum absolute atomic E-state index is 0.130. The number of pyridine rings is 1. The Balaban J connectivity index is 1.97. The van der Waals surface area contributed by atoms with Crippen LogP contribution in [0.5, 0.6) is 0 Å². The smallest absolute Gasteiger partial charge is 0.335 e. The molecule has 1 amide bonds. The SMILES string of the molecule is NC1(C(=O)NCc2cc(C(=O)O)ccn2)CCOC1. The number of aromatic carboxylic acids is 1. The molecule has 19 heavy (non-hydrogen) atoms. The lowest BCUT2D eigenvalue weighted by Crippen LogP contribution is -2.54. The maximum Gasteiger partial charge on any atom is 0.335 e. The first-order valence-corrected chi connectivity index (χ1v) is 5.84. The van der Waals surface area contributed by atoms with Crippen LogP contribution in [0, 0.1) is 0 Å². The van der Waals surface area contributed by atoms with Gasteiger partial charge in [0.2, 0.25) is 5.91 Å². The highest BCUT2D eigenvalue weighted by Gasteiger charge is 2.37. The molecule has 1 atom stereocenters. The molecule has 0 aromatic carbocycles. The number of nitrogens with zero attached hydrogens (tertiary/aromatic N) is 1. The minimum Gasteiger partial charge on any atom is -0.478 e. The van der Waals surface area contributed by atoms with Crippen molar-refractivity contribution in [3.05, 3.63) is 29.6 Å². The van der Waals surface area contributed by atoms with E-state index in [1.54, 1.807) is 0 Å². The number of ether oxygens (including phenoxy) is 1. The molecule has 0 aliphatic carbocycles. The number of carboxylic acid groups (broad SMARTS) is 1. The number of nitrogens with two attached hydrogens (primary N) is 1. The molecule has 0 saturated carbocycles. The van der Waals surface area contributed by atoms with E-state index in [9.17, 15) is 9.59 Å². The molecule has 7 heteroatoms. The van der Waals surface area contributed by atoms with E-state index in [1.807, 2.05) is 0 Å². The largest absolute Gasteiger partial charge is 0.478 e. The molecule has 2 heterocycles. The first kappa shape index (κ1) is 13.4. The first-order valence-electron chi connectivity index (χ1n) is 5.84. The Morgan fingerprint density at radius 2 is 2.37 bits per heavy atom. The summed E-state index contributed by atoms with van der Waals surface area (Å²) >= 11 is 0. The van der Waals surface area contributed by atoms with E-state index < -0.39 is 11.5 Å². The highest BCUT2D eigenvalue weighted by molar-refractivity contribution is 5.88. The topological polar surface area (TPSA) is 115 Å². The average molecular weight is 265 g/mol. The molecule has 1 aliphatic rings. The van der Waals surface area contributed by atoms with Crippen molar-refractivity contribution >= 4 is 11.9 Å². The second-order valence-electron chi connectivity index (χ2n) is 4.48. The first-order chi connectivity index (χ1) is 9.01.